The van der Waals surface area contributed by atoms with Crippen molar-refractivity contribution in [2.45, 2.75) is 39.3 Å². The topological polar surface area (TPSA) is 65.4 Å². The summed E-state index contributed by atoms with van der Waals surface area (Å²) in [6, 6.07) is 7.47. The molecule has 0 saturated carbocycles. The summed E-state index contributed by atoms with van der Waals surface area (Å²) in [6.07, 6.45) is 1.60. The van der Waals surface area contributed by atoms with Crippen molar-refractivity contribution in [2.75, 3.05) is 20.3 Å². The molecule has 0 unspecified atom stereocenters. The van der Waals surface area contributed by atoms with Crippen LogP contribution in [-0.2, 0) is 24.2 Å². The fourth-order valence-corrected chi connectivity index (χ4v) is 3.12. The number of benzene rings is 1. The van der Waals surface area contributed by atoms with Crippen LogP contribution < -0.4 is 10.1 Å². The second kappa shape index (κ2) is 7.70. The van der Waals surface area contributed by atoms with E-state index in [9.17, 15) is 4.79 Å². The summed E-state index contributed by atoms with van der Waals surface area (Å²) >= 11 is 0. The number of fused-ring (bicyclic) bond motifs is 1. The maximum atomic E-state index is 12.3. The monoisotopic (exact) mass is 343 g/mol. The molecule has 0 atom stereocenters. The Balaban J connectivity index is 1.65. The molecule has 25 heavy (non-hydrogen) atoms. The molecule has 0 aliphatic carbocycles. The average Bonchev–Trinajstić information content (AvgIpc) is 3.01. The Morgan fingerprint density at radius 1 is 1.44 bits per heavy atom. The second-order valence-corrected chi connectivity index (χ2v) is 6.45. The van der Waals surface area contributed by atoms with Gasteiger partial charge in [0.15, 0.2) is 0 Å². The van der Waals surface area contributed by atoms with Gasteiger partial charge in [-0.2, -0.15) is 5.10 Å². The normalized spacial score (nSPS) is 13.6. The summed E-state index contributed by atoms with van der Waals surface area (Å²) < 4.78 is 12.9. The lowest BCUT2D eigenvalue weighted by atomic mass is 10.1. The van der Waals surface area contributed by atoms with Crippen LogP contribution in [0.2, 0.25) is 0 Å². The lowest BCUT2D eigenvalue weighted by Gasteiger charge is -2.16. The number of ether oxygens (including phenoxy) is 2. The van der Waals surface area contributed by atoms with E-state index in [1.165, 1.54) is 11.3 Å². The Bertz CT molecular complexity index is 752. The van der Waals surface area contributed by atoms with E-state index in [1.807, 2.05) is 12.1 Å². The molecule has 134 valence electrons. The average molecular weight is 343 g/mol. The van der Waals surface area contributed by atoms with E-state index in [0.29, 0.717) is 36.9 Å². The van der Waals surface area contributed by atoms with Crippen molar-refractivity contribution in [1.82, 2.24) is 15.1 Å². The predicted octanol–water partition coefficient (Wildman–Crippen LogP) is 2.52. The molecule has 0 spiro atoms. The van der Waals surface area contributed by atoms with E-state index in [2.05, 4.69) is 23.8 Å². The highest BCUT2D eigenvalue weighted by atomic mass is 16.5. The van der Waals surface area contributed by atoms with Crippen LogP contribution in [0.25, 0.3) is 0 Å². The SMILES string of the molecule is COc1cccc(C(=O)NCCc2nn(C(C)C)c3c2COCC3)c1. The van der Waals surface area contributed by atoms with Crippen LogP contribution >= 0.6 is 0 Å². The van der Waals surface area contributed by atoms with Crippen LogP contribution in [0.15, 0.2) is 24.3 Å². The minimum absolute atomic E-state index is 0.104. The maximum absolute atomic E-state index is 12.3. The molecule has 1 aliphatic rings. The first-order valence-electron chi connectivity index (χ1n) is 8.69. The summed E-state index contributed by atoms with van der Waals surface area (Å²) in [5, 5.41) is 7.71. The standard InChI is InChI=1S/C19H25N3O3/c1-13(2)22-18-8-10-25-12-16(18)17(21-22)7-9-20-19(23)14-5-4-6-15(11-14)24-3/h4-6,11,13H,7-10,12H2,1-3H3,(H,20,23). The van der Waals surface area contributed by atoms with Gasteiger partial charge in [-0.1, -0.05) is 6.07 Å². The highest BCUT2D eigenvalue weighted by Crippen LogP contribution is 2.24. The predicted molar refractivity (Wildman–Crippen MR) is 95.0 cm³/mol. The Hall–Kier alpha value is -2.34. The van der Waals surface area contributed by atoms with E-state index < -0.39 is 0 Å². The Morgan fingerprint density at radius 3 is 3.04 bits per heavy atom. The number of aromatic nitrogens is 2. The van der Waals surface area contributed by atoms with Gasteiger partial charge in [0.2, 0.25) is 0 Å². The minimum atomic E-state index is -0.104. The largest absolute Gasteiger partial charge is 0.497 e. The molecule has 2 aromatic rings. The van der Waals surface area contributed by atoms with Gasteiger partial charge in [-0.3, -0.25) is 9.48 Å². The maximum Gasteiger partial charge on any atom is 0.251 e. The molecule has 0 saturated heterocycles. The third kappa shape index (κ3) is 3.85. The molecule has 6 nitrogen and oxygen atoms in total. The molecule has 1 aromatic carbocycles. The zero-order chi connectivity index (χ0) is 17.8. The Kier molecular flexibility index (Phi) is 5.38. The number of hydrogen-bond acceptors (Lipinski definition) is 4. The van der Waals surface area contributed by atoms with Gasteiger partial charge in [0.1, 0.15) is 5.75 Å². The summed E-state index contributed by atoms with van der Waals surface area (Å²) in [6.45, 7) is 6.17. The van der Waals surface area contributed by atoms with Crippen LogP contribution in [0.5, 0.6) is 5.75 Å². The zero-order valence-corrected chi connectivity index (χ0v) is 15.0. The number of amides is 1. The van der Waals surface area contributed by atoms with Gasteiger partial charge in [0, 0.05) is 42.2 Å². The van der Waals surface area contributed by atoms with Crippen molar-refractivity contribution in [3.05, 3.63) is 46.8 Å². The third-order valence-electron chi connectivity index (χ3n) is 4.40. The fourth-order valence-electron chi connectivity index (χ4n) is 3.12. The van der Waals surface area contributed by atoms with Crippen LogP contribution in [0.3, 0.4) is 0 Å². The Morgan fingerprint density at radius 2 is 2.28 bits per heavy atom. The van der Waals surface area contributed by atoms with Crippen molar-refractivity contribution in [3.8, 4) is 5.75 Å². The van der Waals surface area contributed by atoms with Crippen LogP contribution in [0.1, 0.15) is 47.2 Å². The van der Waals surface area contributed by atoms with Gasteiger partial charge >= 0.3 is 0 Å². The van der Waals surface area contributed by atoms with Gasteiger partial charge in [-0.25, -0.2) is 0 Å². The van der Waals surface area contributed by atoms with E-state index in [4.69, 9.17) is 14.6 Å². The number of rotatable bonds is 6. The van der Waals surface area contributed by atoms with Crippen molar-refractivity contribution >= 4 is 5.91 Å². The summed E-state index contributed by atoms with van der Waals surface area (Å²) in [5.74, 6) is 0.571. The van der Waals surface area contributed by atoms with Crippen molar-refractivity contribution < 1.29 is 14.3 Å². The molecule has 0 bridgehead atoms. The summed E-state index contributed by atoms with van der Waals surface area (Å²) in [7, 11) is 1.59. The summed E-state index contributed by atoms with van der Waals surface area (Å²) in [4.78, 5) is 12.3. The third-order valence-corrected chi connectivity index (χ3v) is 4.40. The Labute approximate surface area is 148 Å². The van der Waals surface area contributed by atoms with Gasteiger partial charge < -0.3 is 14.8 Å². The number of hydrogen-bond donors (Lipinski definition) is 1. The first-order chi connectivity index (χ1) is 12.1. The molecule has 2 heterocycles. The van der Waals surface area contributed by atoms with E-state index >= 15 is 0 Å². The van der Waals surface area contributed by atoms with E-state index in [-0.39, 0.29) is 5.91 Å². The van der Waals surface area contributed by atoms with Crippen molar-refractivity contribution in [1.29, 1.82) is 0 Å². The van der Waals surface area contributed by atoms with Crippen LogP contribution in [0.4, 0.5) is 0 Å². The number of methoxy groups -OCH3 is 1. The highest BCUT2D eigenvalue weighted by molar-refractivity contribution is 5.94. The van der Waals surface area contributed by atoms with Crippen molar-refractivity contribution in [2.24, 2.45) is 0 Å². The lowest BCUT2D eigenvalue weighted by molar-refractivity contribution is 0.0953. The molecule has 1 aromatic heterocycles. The van der Waals surface area contributed by atoms with E-state index in [0.717, 1.165) is 18.7 Å². The molecule has 1 amide bonds. The molecular weight excluding hydrogens is 318 g/mol. The number of carbonyl (C=O) groups is 1. The van der Waals surface area contributed by atoms with Gasteiger partial charge in [-0.15, -0.1) is 0 Å². The highest BCUT2D eigenvalue weighted by Gasteiger charge is 2.22. The summed E-state index contributed by atoms with van der Waals surface area (Å²) in [5.41, 5.74) is 4.08. The number of carbonyl (C=O) groups excluding carboxylic acids is 1. The zero-order valence-electron chi connectivity index (χ0n) is 15.0. The molecule has 1 N–H and O–H groups in total. The van der Waals surface area contributed by atoms with Crippen molar-refractivity contribution in [3.63, 3.8) is 0 Å². The molecule has 3 rings (SSSR count). The van der Waals surface area contributed by atoms with Crippen LogP contribution in [-0.4, -0.2) is 35.9 Å². The van der Waals surface area contributed by atoms with Gasteiger partial charge in [0.05, 0.1) is 26.0 Å². The second-order valence-electron chi connectivity index (χ2n) is 6.45. The molecule has 0 radical (unpaired) electrons. The molecule has 0 fully saturated rings. The smallest absolute Gasteiger partial charge is 0.251 e. The number of nitrogens with one attached hydrogen (secondary N) is 1. The molecular formula is C19H25N3O3. The van der Waals surface area contributed by atoms with E-state index in [1.54, 1.807) is 19.2 Å². The fraction of sp³-hybridized carbons (Fsp3) is 0.474. The van der Waals surface area contributed by atoms with Crippen LogP contribution in [0, 0.1) is 0 Å². The molecule has 1 aliphatic heterocycles. The lowest BCUT2D eigenvalue weighted by Crippen LogP contribution is -2.26. The molecule has 6 heteroatoms. The first kappa shape index (κ1) is 17.5. The minimum Gasteiger partial charge on any atom is -0.497 e. The van der Waals surface area contributed by atoms with Gasteiger partial charge in [-0.05, 0) is 32.0 Å². The quantitative estimate of drug-likeness (QED) is 0.875. The first-order valence-corrected chi connectivity index (χ1v) is 8.69. The van der Waals surface area contributed by atoms with Gasteiger partial charge in [0.25, 0.3) is 5.91 Å². The number of nitrogens with zero attached hydrogens (tertiary/aromatic N) is 2.